The molecule has 0 bridgehead atoms. The van der Waals surface area contributed by atoms with Crippen LogP contribution in [0.3, 0.4) is 0 Å². The SMILES string of the molecule is COC(=O)c1c(C)n(C(C)C2CCN(C)C(C(F)(F)F)C2)c2ccccc12.COC(=O)c1c(C)n(C(C)C2CCNC(C(F)(F)F)C2)c2ccccc12.Cc1c(C(=O)O)c2ccccc2n1C(C)C1CCN(C)C(C(F)(F)F)C1.Cc1cc(C)c(CCC(=O)c2c(C)n(C(C)C3CCN(C)C(C(F)(F)F)C3)c3ccccc23)c(=O)[nH]1. The molecule has 3 N–H and O–H groups in total. The highest BCUT2D eigenvalue weighted by atomic mass is 19.4. The molecular weight excluding hydrogens is 1510 g/mol. The number of ether oxygens (including phenoxy) is 2. The fraction of sp³-hybridized carbons (Fsp3) is 0.523. The Labute approximate surface area is 661 Å². The van der Waals surface area contributed by atoms with E-state index in [0.717, 1.165) is 66.6 Å². The Morgan fingerprint density at radius 1 is 0.461 bits per heavy atom. The topological polar surface area (TPSA) is 181 Å². The number of ketones is 1. The van der Waals surface area contributed by atoms with Gasteiger partial charge >= 0.3 is 42.6 Å². The van der Waals surface area contributed by atoms with Gasteiger partial charge in [-0.05, 0) is 234 Å². The van der Waals surface area contributed by atoms with E-state index in [-0.39, 0.29) is 96.8 Å². The van der Waals surface area contributed by atoms with E-state index in [9.17, 15) is 81.8 Å². The number of pyridine rings is 1. The Balaban J connectivity index is 0.000000164. The number of alkyl halides is 12. The maximum atomic E-state index is 13.7. The van der Waals surface area contributed by atoms with Crippen molar-refractivity contribution in [2.75, 3.05) is 61.5 Å². The van der Waals surface area contributed by atoms with Gasteiger partial charge in [0.2, 0.25) is 0 Å². The van der Waals surface area contributed by atoms with Gasteiger partial charge in [0, 0.05) is 114 Å². The van der Waals surface area contributed by atoms with Crippen LogP contribution in [0, 0.1) is 65.2 Å². The summed E-state index contributed by atoms with van der Waals surface area (Å²) in [5.74, 6) is -2.54. The number of H-pyrrole nitrogens is 1. The molecule has 12 atom stereocenters. The van der Waals surface area contributed by atoms with E-state index >= 15 is 0 Å². The highest BCUT2D eigenvalue weighted by Gasteiger charge is 2.50. The number of carboxylic acid groups (broad SMARTS) is 1. The van der Waals surface area contributed by atoms with E-state index < -0.39 is 66.8 Å². The number of likely N-dealkylation sites (tertiary alicyclic amines) is 3. The van der Waals surface area contributed by atoms with Gasteiger partial charge in [0.1, 0.15) is 24.2 Å². The molecule has 9 aromatic rings. The molecule has 12 unspecified atom stereocenters. The predicted molar refractivity (Wildman–Crippen MR) is 421 cm³/mol. The second kappa shape index (κ2) is 35.5. The summed E-state index contributed by atoms with van der Waals surface area (Å²) >= 11 is 0. The van der Waals surface area contributed by atoms with Gasteiger partial charge < -0.3 is 43.1 Å². The van der Waals surface area contributed by atoms with Crippen LogP contribution < -0.4 is 10.9 Å². The predicted octanol–water partition coefficient (Wildman–Crippen LogP) is 19.2. The molecule has 4 fully saturated rings. The smallest absolute Gasteiger partial charge is 0.404 e. The number of aromatic nitrogens is 5. The molecule has 626 valence electrons. The number of hydrogen-bond donors (Lipinski definition) is 3. The number of Topliss-reactive ketones (excluding diaryl/α,β-unsaturated/α-hetero) is 1. The number of aromatic carboxylic acids is 1. The number of aryl methyl sites for hydroxylation is 2. The average molecular weight is 1620 g/mol. The lowest BCUT2D eigenvalue weighted by molar-refractivity contribution is -0.193. The number of esters is 2. The van der Waals surface area contributed by atoms with E-state index in [4.69, 9.17) is 9.47 Å². The molecule has 17 nitrogen and oxygen atoms in total. The minimum Gasteiger partial charge on any atom is -0.478 e. The van der Waals surface area contributed by atoms with Gasteiger partial charge in [0.25, 0.3) is 5.56 Å². The largest absolute Gasteiger partial charge is 0.478 e. The molecule has 13 rings (SSSR count). The van der Waals surface area contributed by atoms with Crippen molar-refractivity contribution in [3.63, 3.8) is 0 Å². The number of carboxylic acids is 1. The van der Waals surface area contributed by atoms with Crippen LogP contribution in [0.2, 0.25) is 0 Å². The third-order valence-electron chi connectivity index (χ3n) is 25.1. The molecule has 0 radical (unpaired) electrons. The van der Waals surface area contributed by atoms with Crippen LogP contribution in [-0.4, -0.2) is 177 Å². The summed E-state index contributed by atoms with van der Waals surface area (Å²) < 4.78 is 178. The first kappa shape index (κ1) is 88.4. The molecule has 115 heavy (non-hydrogen) atoms. The summed E-state index contributed by atoms with van der Waals surface area (Å²) in [7, 11) is 7.25. The first-order valence-corrected chi connectivity index (χ1v) is 39.1. The molecule has 4 aromatic carbocycles. The minimum atomic E-state index is -4.27. The fourth-order valence-electron chi connectivity index (χ4n) is 18.8. The number of hydrogen-bond acceptors (Lipinski definition) is 11. The summed E-state index contributed by atoms with van der Waals surface area (Å²) in [5, 5.41) is 15.1. The Kier molecular flexibility index (Phi) is 27.3. The highest BCUT2D eigenvalue weighted by molar-refractivity contribution is 6.10. The Hall–Kier alpha value is -8.93. The van der Waals surface area contributed by atoms with Crippen LogP contribution in [0.4, 0.5) is 52.7 Å². The molecule has 9 heterocycles. The highest BCUT2D eigenvalue weighted by Crippen LogP contribution is 2.46. The lowest BCUT2D eigenvalue weighted by atomic mass is 9.85. The summed E-state index contributed by atoms with van der Waals surface area (Å²) in [6, 6.07) is 25.0. The normalized spacial score (nSPS) is 22.0. The number of halogens is 12. The first-order chi connectivity index (χ1) is 53.9. The van der Waals surface area contributed by atoms with Crippen LogP contribution in [0.25, 0.3) is 43.6 Å². The molecule has 29 heteroatoms. The fourth-order valence-corrected chi connectivity index (χ4v) is 18.8. The molecule has 4 aliphatic rings. The van der Waals surface area contributed by atoms with Crippen molar-refractivity contribution in [1.82, 2.24) is 43.3 Å². The van der Waals surface area contributed by atoms with Gasteiger partial charge in [0.05, 0.1) is 30.9 Å². The maximum Gasteiger partial charge on any atom is 0.404 e. The number of aromatic amines is 1. The number of nitrogens with one attached hydrogen (secondary N) is 2. The number of methoxy groups -OCH3 is 2. The first-order valence-electron chi connectivity index (χ1n) is 39.1. The van der Waals surface area contributed by atoms with Crippen molar-refractivity contribution in [2.45, 2.75) is 206 Å². The maximum absolute atomic E-state index is 13.7. The summed E-state index contributed by atoms with van der Waals surface area (Å²) in [6.07, 6.45) is -13.7. The Morgan fingerprint density at radius 2 is 0.774 bits per heavy atom. The minimum absolute atomic E-state index is 0.0233. The quantitative estimate of drug-likeness (QED) is 0.0503. The standard InChI is InChI=1S/C28H34F3N3O2.C20H25F3N2O2.2C19H23F3N2O2/c1-16-14-17(2)32-27(36)21(16)10-11-24(35)26-19(4)34(23-9-7-6-8-22(23)26)18(3)20-12-13-33(5)25(15-20)28(29,30)31;1-12(14-9-10-24(3)17(11-14)20(21,22)23)25-13(2)18(19(26)27-4)15-7-5-6-8-16(15)25;1-11(13-8-9-23-16(10-13)19(20,21)22)24-12(2)17(18(25)26-3)14-6-4-5-7-15(14)24;1-11(13-8-9-23(3)16(10-13)19(20,21)22)24-12(2)17(18(25)26)14-6-4-5-7-15(14)24/h6-9,14,18,20,25H,10-13,15H2,1-5H3,(H,32,36);5-8,12,14,17H,9-11H2,1-4H3;4-7,11,13,16,23H,8-10H2,1-3H3;4-7,11,13,16H,8-10H2,1-3H3,(H,25,26). The van der Waals surface area contributed by atoms with Crippen LogP contribution in [-0.2, 0) is 15.9 Å². The van der Waals surface area contributed by atoms with Gasteiger partial charge in [-0.2, -0.15) is 52.7 Å². The third-order valence-corrected chi connectivity index (χ3v) is 25.1. The van der Waals surface area contributed by atoms with Gasteiger partial charge in [-0.25, -0.2) is 14.4 Å². The zero-order chi connectivity index (χ0) is 84.6. The number of fused-ring (bicyclic) bond motifs is 4. The van der Waals surface area contributed by atoms with Crippen LogP contribution in [0.1, 0.15) is 191 Å². The molecule has 4 aliphatic heterocycles. The van der Waals surface area contributed by atoms with Gasteiger partial charge in [-0.3, -0.25) is 24.3 Å². The molecular formula is C86H105F12N9O8. The van der Waals surface area contributed by atoms with Crippen molar-refractivity contribution in [2.24, 2.45) is 23.7 Å². The molecule has 0 spiro atoms. The van der Waals surface area contributed by atoms with E-state index in [2.05, 4.69) is 14.9 Å². The van der Waals surface area contributed by atoms with Crippen molar-refractivity contribution in [1.29, 1.82) is 0 Å². The van der Waals surface area contributed by atoms with Gasteiger partial charge in [0.15, 0.2) is 5.78 Å². The van der Waals surface area contributed by atoms with Crippen LogP contribution >= 0.6 is 0 Å². The van der Waals surface area contributed by atoms with Crippen LogP contribution in [0.5, 0.6) is 0 Å². The lowest BCUT2D eigenvalue weighted by Gasteiger charge is -2.40. The summed E-state index contributed by atoms with van der Waals surface area (Å²) in [6.45, 7) is 20.2. The lowest BCUT2D eigenvalue weighted by Crippen LogP contribution is -2.49. The van der Waals surface area contributed by atoms with Crippen molar-refractivity contribution >= 4 is 67.3 Å². The molecule has 0 amide bonds. The molecule has 0 aliphatic carbocycles. The summed E-state index contributed by atoms with van der Waals surface area (Å²) in [5.41, 5.74) is 10.0. The number of para-hydroxylation sites is 4. The van der Waals surface area contributed by atoms with E-state index in [1.54, 1.807) is 19.1 Å². The van der Waals surface area contributed by atoms with E-state index in [0.29, 0.717) is 91.6 Å². The monoisotopic (exact) mass is 1620 g/mol. The number of rotatable bonds is 15. The third kappa shape index (κ3) is 18.6. The van der Waals surface area contributed by atoms with Gasteiger partial charge in [-0.15, -0.1) is 0 Å². The van der Waals surface area contributed by atoms with Crippen molar-refractivity contribution in [3.8, 4) is 0 Å². The van der Waals surface area contributed by atoms with Crippen LogP contribution in [0.15, 0.2) is 108 Å². The number of carbonyl (C=O) groups is 4. The summed E-state index contributed by atoms with van der Waals surface area (Å²) in [4.78, 5) is 69.1. The molecule has 5 aromatic heterocycles. The molecule has 4 saturated heterocycles. The van der Waals surface area contributed by atoms with E-state index in [1.165, 1.54) is 50.1 Å². The van der Waals surface area contributed by atoms with Gasteiger partial charge in [-0.1, -0.05) is 72.8 Å². The second-order valence-electron chi connectivity index (χ2n) is 31.8. The number of nitrogens with zero attached hydrogens (tertiary/aromatic N) is 7. The number of benzene rings is 4. The zero-order valence-corrected chi connectivity index (χ0v) is 67.6. The Morgan fingerprint density at radius 3 is 1.10 bits per heavy atom. The molecule has 0 saturated carbocycles. The Bertz CT molecular complexity index is 5050. The zero-order valence-electron chi connectivity index (χ0n) is 67.6. The average Bonchev–Trinajstić information content (AvgIpc) is 1.64. The van der Waals surface area contributed by atoms with Crippen molar-refractivity contribution < 1.29 is 86.4 Å². The number of carbonyl (C=O) groups excluding carboxylic acids is 3. The van der Waals surface area contributed by atoms with E-state index in [1.807, 2.05) is 167 Å². The second-order valence-corrected chi connectivity index (χ2v) is 31.8. The van der Waals surface area contributed by atoms with Crippen molar-refractivity contribution in [3.05, 3.63) is 175 Å². The number of piperidine rings is 4.